The maximum atomic E-state index is 11.6. The number of amides is 1. The Morgan fingerprint density at radius 2 is 1.95 bits per heavy atom. The molecule has 6 heteroatoms. The van der Waals surface area contributed by atoms with E-state index in [1.165, 1.54) is 7.11 Å². The van der Waals surface area contributed by atoms with Gasteiger partial charge in [0.25, 0.3) is 11.5 Å². The Morgan fingerprint density at radius 1 is 1.32 bits per heavy atom. The summed E-state index contributed by atoms with van der Waals surface area (Å²) in [6.45, 7) is 0. The number of primary amides is 1. The minimum absolute atomic E-state index is 0.220. The van der Waals surface area contributed by atoms with Crippen molar-refractivity contribution in [1.82, 2.24) is 4.98 Å². The fourth-order valence-corrected chi connectivity index (χ4v) is 1.68. The largest absolute Gasteiger partial charge is 0.506 e. The van der Waals surface area contributed by atoms with Crippen LogP contribution in [-0.2, 0) is 0 Å². The standard InChI is InChI=1S/C13H12N2O4/c1-19-8-4-2-7(3-5-8)11-10(16)6-9(12(14)17)13(18)15-11/h2-6,16H,1H3,(H2,14,17)(H,15,18). The zero-order chi connectivity index (χ0) is 14.0. The van der Waals surface area contributed by atoms with Gasteiger partial charge in [0.05, 0.1) is 12.8 Å². The molecule has 0 fully saturated rings. The van der Waals surface area contributed by atoms with Gasteiger partial charge in [-0.1, -0.05) is 0 Å². The molecule has 0 saturated carbocycles. The van der Waals surface area contributed by atoms with E-state index in [1.807, 2.05) is 0 Å². The molecule has 0 unspecified atom stereocenters. The molecule has 1 aromatic carbocycles. The number of nitrogens with one attached hydrogen (secondary N) is 1. The number of hydrogen-bond donors (Lipinski definition) is 3. The number of ether oxygens (including phenoxy) is 1. The molecule has 0 radical (unpaired) electrons. The first-order valence-corrected chi connectivity index (χ1v) is 5.43. The highest BCUT2D eigenvalue weighted by atomic mass is 16.5. The molecule has 98 valence electrons. The van der Waals surface area contributed by atoms with Crippen LogP contribution in [0.4, 0.5) is 0 Å². The molecule has 0 saturated heterocycles. The van der Waals surface area contributed by atoms with E-state index < -0.39 is 11.5 Å². The third kappa shape index (κ3) is 2.42. The molecule has 0 aliphatic carbocycles. The SMILES string of the molecule is COc1ccc(-c2[nH]c(=O)c(C(N)=O)cc2O)cc1. The Kier molecular flexibility index (Phi) is 3.24. The number of rotatable bonds is 3. The number of carbonyl (C=O) groups excluding carboxylic acids is 1. The van der Waals surface area contributed by atoms with Crippen LogP contribution in [0.2, 0.25) is 0 Å². The molecule has 0 spiro atoms. The van der Waals surface area contributed by atoms with E-state index in [1.54, 1.807) is 24.3 Å². The number of pyridine rings is 1. The molecule has 1 amide bonds. The number of benzene rings is 1. The summed E-state index contributed by atoms with van der Waals surface area (Å²) in [7, 11) is 1.54. The van der Waals surface area contributed by atoms with Crippen LogP contribution in [0.1, 0.15) is 10.4 Å². The first-order valence-electron chi connectivity index (χ1n) is 5.43. The van der Waals surface area contributed by atoms with Crippen molar-refractivity contribution >= 4 is 5.91 Å². The van der Waals surface area contributed by atoms with Crippen LogP contribution in [0, 0.1) is 0 Å². The summed E-state index contributed by atoms with van der Waals surface area (Å²) in [6, 6.07) is 7.78. The molecule has 0 aliphatic rings. The summed E-state index contributed by atoms with van der Waals surface area (Å²) < 4.78 is 5.01. The molecular formula is C13H12N2O4. The molecule has 6 nitrogen and oxygen atoms in total. The van der Waals surface area contributed by atoms with Gasteiger partial charge in [-0.3, -0.25) is 9.59 Å². The highest BCUT2D eigenvalue weighted by molar-refractivity contribution is 5.93. The molecule has 0 atom stereocenters. The molecule has 2 rings (SSSR count). The van der Waals surface area contributed by atoms with Gasteiger partial charge in [-0.2, -0.15) is 0 Å². The van der Waals surface area contributed by atoms with Gasteiger partial charge in [0, 0.05) is 11.6 Å². The molecule has 0 bridgehead atoms. The lowest BCUT2D eigenvalue weighted by atomic mass is 10.1. The smallest absolute Gasteiger partial charge is 0.261 e. The summed E-state index contributed by atoms with van der Waals surface area (Å²) in [5.41, 5.74) is 4.91. The Hall–Kier alpha value is -2.76. The maximum Gasteiger partial charge on any atom is 0.261 e. The van der Waals surface area contributed by atoms with Gasteiger partial charge in [0.15, 0.2) is 0 Å². The molecule has 1 heterocycles. The van der Waals surface area contributed by atoms with E-state index in [4.69, 9.17) is 10.5 Å². The number of nitrogens with two attached hydrogens (primary N) is 1. The van der Waals surface area contributed by atoms with Crippen LogP contribution in [0.25, 0.3) is 11.3 Å². The second kappa shape index (κ2) is 4.85. The van der Waals surface area contributed by atoms with Gasteiger partial charge in [-0.25, -0.2) is 0 Å². The third-order valence-corrected chi connectivity index (χ3v) is 2.66. The Bertz CT molecular complexity index is 674. The Labute approximate surface area is 108 Å². The lowest BCUT2D eigenvalue weighted by molar-refractivity contribution is 0.0998. The van der Waals surface area contributed by atoms with Crippen molar-refractivity contribution in [2.45, 2.75) is 0 Å². The predicted molar refractivity (Wildman–Crippen MR) is 69.2 cm³/mol. The van der Waals surface area contributed by atoms with Gasteiger partial charge in [-0.15, -0.1) is 0 Å². The first kappa shape index (κ1) is 12.7. The van der Waals surface area contributed by atoms with Crippen LogP contribution < -0.4 is 16.0 Å². The quantitative estimate of drug-likeness (QED) is 0.760. The molecule has 19 heavy (non-hydrogen) atoms. The van der Waals surface area contributed by atoms with Gasteiger partial charge in [-0.05, 0) is 24.3 Å². The van der Waals surface area contributed by atoms with Crippen LogP contribution in [0.15, 0.2) is 35.1 Å². The Balaban J connectivity index is 2.53. The summed E-state index contributed by atoms with van der Waals surface area (Å²) in [5.74, 6) is -0.462. The molecule has 4 N–H and O–H groups in total. The predicted octanol–water partition coefficient (Wildman–Crippen LogP) is 0.855. The van der Waals surface area contributed by atoms with Crippen LogP contribution in [0.5, 0.6) is 11.5 Å². The number of aromatic hydroxyl groups is 1. The number of hydrogen-bond acceptors (Lipinski definition) is 4. The van der Waals surface area contributed by atoms with Crippen molar-refractivity contribution in [2.75, 3.05) is 7.11 Å². The van der Waals surface area contributed by atoms with Gasteiger partial charge < -0.3 is 20.6 Å². The minimum Gasteiger partial charge on any atom is -0.506 e. The third-order valence-electron chi connectivity index (χ3n) is 2.66. The van der Waals surface area contributed by atoms with Gasteiger partial charge >= 0.3 is 0 Å². The van der Waals surface area contributed by atoms with Gasteiger partial charge in [0.1, 0.15) is 17.1 Å². The lowest BCUT2D eigenvalue weighted by Gasteiger charge is -2.07. The number of methoxy groups -OCH3 is 1. The summed E-state index contributed by atoms with van der Waals surface area (Å²) in [4.78, 5) is 25.0. The van der Waals surface area contributed by atoms with Crippen molar-refractivity contribution in [3.63, 3.8) is 0 Å². The van der Waals surface area contributed by atoms with Gasteiger partial charge in [0.2, 0.25) is 0 Å². The molecule has 1 aromatic heterocycles. The number of aromatic amines is 1. The van der Waals surface area contributed by atoms with Crippen molar-refractivity contribution in [3.05, 3.63) is 46.2 Å². The average molecular weight is 260 g/mol. The average Bonchev–Trinajstić information content (AvgIpc) is 2.41. The highest BCUT2D eigenvalue weighted by Gasteiger charge is 2.13. The van der Waals surface area contributed by atoms with E-state index in [9.17, 15) is 14.7 Å². The van der Waals surface area contributed by atoms with Crippen LogP contribution >= 0.6 is 0 Å². The molecule has 0 aliphatic heterocycles. The van der Waals surface area contributed by atoms with E-state index in [-0.39, 0.29) is 17.0 Å². The van der Waals surface area contributed by atoms with Crippen molar-refractivity contribution in [3.8, 4) is 22.8 Å². The van der Waals surface area contributed by atoms with E-state index in [0.29, 0.717) is 11.3 Å². The summed E-state index contributed by atoms with van der Waals surface area (Å²) >= 11 is 0. The molecular weight excluding hydrogens is 248 g/mol. The van der Waals surface area contributed by atoms with Crippen molar-refractivity contribution < 1.29 is 14.6 Å². The fraction of sp³-hybridized carbons (Fsp3) is 0.0769. The topological polar surface area (TPSA) is 105 Å². The maximum absolute atomic E-state index is 11.6. The number of aromatic nitrogens is 1. The molecule has 2 aromatic rings. The minimum atomic E-state index is -0.891. The zero-order valence-electron chi connectivity index (χ0n) is 10.1. The van der Waals surface area contributed by atoms with Crippen molar-refractivity contribution in [2.24, 2.45) is 5.73 Å². The first-order chi connectivity index (χ1) is 9.02. The van der Waals surface area contributed by atoms with Crippen LogP contribution in [-0.4, -0.2) is 23.1 Å². The summed E-state index contributed by atoms with van der Waals surface area (Å²) in [6.07, 6.45) is 0. The zero-order valence-corrected chi connectivity index (χ0v) is 10.1. The number of H-pyrrole nitrogens is 1. The van der Waals surface area contributed by atoms with Crippen molar-refractivity contribution in [1.29, 1.82) is 0 Å². The fourth-order valence-electron chi connectivity index (χ4n) is 1.68. The lowest BCUT2D eigenvalue weighted by Crippen LogP contribution is -2.23. The number of carbonyl (C=O) groups is 1. The second-order valence-electron chi connectivity index (χ2n) is 3.87. The normalized spacial score (nSPS) is 10.2. The monoisotopic (exact) mass is 260 g/mol. The van der Waals surface area contributed by atoms with Crippen LogP contribution in [0.3, 0.4) is 0 Å². The van der Waals surface area contributed by atoms with E-state index in [0.717, 1.165) is 6.07 Å². The Morgan fingerprint density at radius 3 is 2.47 bits per heavy atom. The summed E-state index contributed by atoms with van der Waals surface area (Å²) in [5, 5.41) is 9.84. The highest BCUT2D eigenvalue weighted by Crippen LogP contribution is 2.27. The second-order valence-corrected chi connectivity index (χ2v) is 3.87. The van der Waals surface area contributed by atoms with E-state index in [2.05, 4.69) is 4.98 Å². The van der Waals surface area contributed by atoms with E-state index >= 15 is 0 Å².